The van der Waals surface area contributed by atoms with Crippen molar-refractivity contribution in [2.24, 2.45) is 9.98 Å². The van der Waals surface area contributed by atoms with Crippen LogP contribution in [0.3, 0.4) is 0 Å². The molecule has 1 aromatic carbocycles. The monoisotopic (exact) mass is 282 g/mol. The van der Waals surface area contributed by atoms with Gasteiger partial charge in [0.25, 0.3) is 0 Å². The summed E-state index contributed by atoms with van der Waals surface area (Å²) in [5.74, 6) is 0.387. The number of benzene rings is 1. The standard InChI is InChI=1S/C19H26N2/c1-15(2)17-8-7-9-18(12-17)16(3)13-20-14-21-19-10-5-4-6-11-19/h7-9,12,16,19H,1,4-6,10-11,13H2,2-3H3. The zero-order chi connectivity index (χ0) is 15.1. The third-order valence-electron chi connectivity index (χ3n) is 4.20. The Balaban J connectivity index is 1.91. The van der Waals surface area contributed by atoms with Gasteiger partial charge < -0.3 is 0 Å². The molecule has 0 bridgehead atoms. The van der Waals surface area contributed by atoms with E-state index in [1.807, 2.05) is 6.92 Å². The average molecular weight is 282 g/mol. The van der Waals surface area contributed by atoms with Crippen molar-refractivity contribution in [1.29, 1.82) is 0 Å². The highest BCUT2D eigenvalue weighted by molar-refractivity contribution is 5.61. The summed E-state index contributed by atoms with van der Waals surface area (Å²) in [7, 11) is 0. The van der Waals surface area contributed by atoms with Crippen LogP contribution in [0.4, 0.5) is 0 Å². The van der Waals surface area contributed by atoms with E-state index in [4.69, 9.17) is 0 Å². The first kappa shape index (κ1) is 15.7. The maximum Gasteiger partial charge on any atom is 0.0895 e. The molecule has 21 heavy (non-hydrogen) atoms. The van der Waals surface area contributed by atoms with Gasteiger partial charge in [0.1, 0.15) is 0 Å². The van der Waals surface area contributed by atoms with E-state index >= 15 is 0 Å². The minimum absolute atomic E-state index is 0.387. The van der Waals surface area contributed by atoms with Gasteiger partial charge in [-0.15, -0.1) is 0 Å². The van der Waals surface area contributed by atoms with Crippen molar-refractivity contribution >= 4 is 11.6 Å². The number of rotatable bonds is 5. The quantitative estimate of drug-likeness (QED) is 0.652. The number of hydrogen-bond donors (Lipinski definition) is 0. The third-order valence-corrected chi connectivity index (χ3v) is 4.20. The minimum atomic E-state index is 0.387. The predicted octanol–water partition coefficient (Wildman–Crippen LogP) is 5.33. The summed E-state index contributed by atoms with van der Waals surface area (Å²) >= 11 is 0. The van der Waals surface area contributed by atoms with E-state index in [0.29, 0.717) is 12.0 Å². The molecule has 1 saturated carbocycles. The molecule has 0 saturated heterocycles. The second-order valence-electron chi connectivity index (χ2n) is 6.17. The first-order chi connectivity index (χ1) is 10.2. The lowest BCUT2D eigenvalue weighted by molar-refractivity contribution is 0.444. The molecule has 1 unspecified atom stereocenters. The molecule has 2 nitrogen and oxygen atoms in total. The SMILES string of the molecule is C=C(C)c1cccc(C(C)CN=C=NC2CCCCC2)c1. The molecule has 1 atom stereocenters. The summed E-state index contributed by atoms with van der Waals surface area (Å²) in [6.45, 7) is 8.99. The molecule has 0 N–H and O–H groups in total. The van der Waals surface area contributed by atoms with E-state index in [0.717, 1.165) is 12.1 Å². The molecule has 1 aliphatic rings. The summed E-state index contributed by atoms with van der Waals surface area (Å²) in [4.78, 5) is 8.84. The molecule has 1 fully saturated rings. The molecule has 112 valence electrons. The normalized spacial score (nSPS) is 16.9. The van der Waals surface area contributed by atoms with Crippen LogP contribution in [0.25, 0.3) is 5.57 Å². The maximum atomic E-state index is 4.46. The summed E-state index contributed by atoms with van der Waals surface area (Å²) in [6, 6.07) is 12.0. The molecule has 1 aromatic rings. The van der Waals surface area contributed by atoms with Crippen molar-refractivity contribution < 1.29 is 0 Å². The minimum Gasteiger partial charge on any atom is -0.225 e. The van der Waals surface area contributed by atoms with Gasteiger partial charge in [0.15, 0.2) is 0 Å². The number of nitrogens with zero attached hydrogens (tertiary/aromatic N) is 2. The molecule has 0 heterocycles. The van der Waals surface area contributed by atoms with Crippen LogP contribution in [0.2, 0.25) is 0 Å². The highest BCUT2D eigenvalue weighted by Crippen LogP contribution is 2.21. The van der Waals surface area contributed by atoms with Gasteiger partial charge in [0.05, 0.1) is 18.6 Å². The van der Waals surface area contributed by atoms with Gasteiger partial charge in [0, 0.05) is 5.92 Å². The zero-order valence-electron chi connectivity index (χ0n) is 13.3. The summed E-state index contributed by atoms with van der Waals surface area (Å²) in [6.07, 6.45) is 6.39. The summed E-state index contributed by atoms with van der Waals surface area (Å²) < 4.78 is 0. The van der Waals surface area contributed by atoms with Crippen LogP contribution < -0.4 is 0 Å². The summed E-state index contributed by atoms with van der Waals surface area (Å²) in [5.41, 5.74) is 3.62. The molecule has 2 heteroatoms. The lowest BCUT2D eigenvalue weighted by atomic mass is 9.96. The van der Waals surface area contributed by atoms with Gasteiger partial charge in [-0.25, -0.2) is 9.98 Å². The molecular weight excluding hydrogens is 256 g/mol. The van der Waals surface area contributed by atoms with Crippen LogP contribution in [0.5, 0.6) is 0 Å². The first-order valence-corrected chi connectivity index (χ1v) is 8.04. The Morgan fingerprint density at radius 1 is 1.33 bits per heavy atom. The van der Waals surface area contributed by atoms with E-state index < -0.39 is 0 Å². The van der Waals surface area contributed by atoms with E-state index in [9.17, 15) is 0 Å². The highest BCUT2D eigenvalue weighted by atomic mass is 14.8. The van der Waals surface area contributed by atoms with Crippen molar-refractivity contribution in [3.05, 3.63) is 42.0 Å². The molecule has 0 aromatic heterocycles. The van der Waals surface area contributed by atoms with E-state index in [-0.39, 0.29) is 0 Å². The lowest BCUT2D eigenvalue weighted by Gasteiger charge is -2.15. The van der Waals surface area contributed by atoms with Crippen LogP contribution >= 0.6 is 0 Å². The largest absolute Gasteiger partial charge is 0.225 e. The van der Waals surface area contributed by atoms with Crippen molar-refractivity contribution in [3.8, 4) is 0 Å². The second kappa shape index (κ2) is 7.95. The number of aliphatic imine (C=N–C) groups is 2. The van der Waals surface area contributed by atoms with E-state index in [1.165, 1.54) is 43.2 Å². The predicted molar refractivity (Wildman–Crippen MR) is 91.2 cm³/mol. The molecule has 1 aliphatic carbocycles. The Labute approximate surface area is 128 Å². The van der Waals surface area contributed by atoms with E-state index in [2.05, 4.69) is 53.8 Å². The zero-order valence-corrected chi connectivity index (χ0v) is 13.3. The Morgan fingerprint density at radius 3 is 2.81 bits per heavy atom. The van der Waals surface area contributed by atoms with Gasteiger partial charge in [-0.05, 0) is 30.9 Å². The van der Waals surface area contributed by atoms with Crippen LogP contribution in [0.15, 0.2) is 40.8 Å². The van der Waals surface area contributed by atoms with Gasteiger partial charge in [-0.1, -0.05) is 62.6 Å². The fourth-order valence-corrected chi connectivity index (χ4v) is 2.73. The van der Waals surface area contributed by atoms with Crippen molar-refractivity contribution in [2.75, 3.05) is 6.54 Å². The van der Waals surface area contributed by atoms with E-state index in [1.54, 1.807) is 0 Å². The molecular formula is C19H26N2. The number of allylic oxidation sites excluding steroid dienone is 1. The van der Waals surface area contributed by atoms with Crippen LogP contribution in [-0.2, 0) is 0 Å². The highest BCUT2D eigenvalue weighted by Gasteiger charge is 2.10. The average Bonchev–Trinajstić information content (AvgIpc) is 2.52. The Morgan fingerprint density at radius 2 is 2.10 bits per heavy atom. The molecule has 0 amide bonds. The first-order valence-electron chi connectivity index (χ1n) is 8.04. The summed E-state index contributed by atoms with van der Waals surface area (Å²) in [5, 5.41) is 0. The van der Waals surface area contributed by atoms with Gasteiger partial charge in [-0.2, -0.15) is 0 Å². The Kier molecular flexibility index (Phi) is 5.95. The number of hydrogen-bond acceptors (Lipinski definition) is 2. The van der Waals surface area contributed by atoms with Crippen LogP contribution in [-0.4, -0.2) is 18.6 Å². The fourth-order valence-electron chi connectivity index (χ4n) is 2.73. The van der Waals surface area contributed by atoms with Crippen molar-refractivity contribution in [2.45, 2.75) is 57.9 Å². The van der Waals surface area contributed by atoms with Gasteiger partial charge in [0.2, 0.25) is 0 Å². The smallest absolute Gasteiger partial charge is 0.0895 e. The third kappa shape index (κ3) is 4.99. The second-order valence-corrected chi connectivity index (χ2v) is 6.17. The molecule has 2 rings (SSSR count). The molecule has 0 aliphatic heterocycles. The van der Waals surface area contributed by atoms with Crippen LogP contribution in [0.1, 0.15) is 63.0 Å². The lowest BCUT2D eigenvalue weighted by Crippen LogP contribution is -2.08. The topological polar surface area (TPSA) is 24.7 Å². The van der Waals surface area contributed by atoms with Crippen LogP contribution in [0, 0.1) is 0 Å². The maximum absolute atomic E-state index is 4.46. The Hall–Kier alpha value is -1.66. The molecule has 0 radical (unpaired) electrons. The fraction of sp³-hybridized carbons (Fsp3) is 0.526. The van der Waals surface area contributed by atoms with Gasteiger partial charge in [-0.3, -0.25) is 0 Å². The van der Waals surface area contributed by atoms with Gasteiger partial charge >= 0.3 is 0 Å². The van der Waals surface area contributed by atoms with Crippen molar-refractivity contribution in [1.82, 2.24) is 0 Å². The molecule has 0 spiro atoms. The van der Waals surface area contributed by atoms with Crippen molar-refractivity contribution in [3.63, 3.8) is 0 Å². The Bertz CT molecular complexity index is 532.